The third-order valence-electron chi connectivity index (χ3n) is 5.66. The zero-order chi connectivity index (χ0) is 28.6. The minimum absolute atomic E-state index is 0.0454. The van der Waals surface area contributed by atoms with Crippen molar-refractivity contribution in [3.63, 3.8) is 0 Å². The Kier molecular flexibility index (Phi) is 10.2. The van der Waals surface area contributed by atoms with Crippen molar-refractivity contribution in [2.24, 2.45) is 5.92 Å². The molecule has 0 aliphatic heterocycles. The topological polar surface area (TPSA) is 101 Å². The number of nitrogens with one attached hydrogen (secondary N) is 2. The van der Waals surface area contributed by atoms with Crippen LogP contribution in [-0.4, -0.2) is 41.2 Å². The summed E-state index contributed by atoms with van der Waals surface area (Å²) in [6.45, 7) is 4.54. The van der Waals surface area contributed by atoms with Gasteiger partial charge in [-0.15, -0.1) is 0 Å². The molecule has 3 aromatic rings. The highest BCUT2D eigenvalue weighted by Gasteiger charge is 2.31. The van der Waals surface area contributed by atoms with Crippen LogP contribution in [0, 0.1) is 5.92 Å². The molecule has 0 saturated carbocycles. The van der Waals surface area contributed by atoms with E-state index in [1.165, 1.54) is 12.3 Å². The molecule has 0 radical (unpaired) electrons. The Morgan fingerprint density at radius 1 is 1.08 bits per heavy atom. The van der Waals surface area contributed by atoms with Crippen LogP contribution in [0.4, 0.5) is 18.9 Å². The first kappa shape index (κ1) is 29.8. The molecular formula is C28H29ClF3N3O4. The van der Waals surface area contributed by atoms with Crippen molar-refractivity contribution >= 4 is 29.2 Å². The Morgan fingerprint density at radius 3 is 2.36 bits per heavy atom. The number of aromatic nitrogens is 1. The smallest absolute Gasteiger partial charge is 0.416 e. The minimum atomic E-state index is -4.48. The van der Waals surface area contributed by atoms with Crippen LogP contribution in [0.5, 0.6) is 5.75 Å². The second kappa shape index (κ2) is 13.3. The van der Waals surface area contributed by atoms with E-state index < -0.39 is 17.7 Å². The summed E-state index contributed by atoms with van der Waals surface area (Å²) in [5, 5.41) is 14.6. The number of carboxylic acid groups (broad SMARTS) is 1. The molecule has 1 amide bonds. The molecule has 39 heavy (non-hydrogen) atoms. The second-order valence-corrected chi connectivity index (χ2v) is 9.74. The molecule has 1 unspecified atom stereocenters. The van der Waals surface area contributed by atoms with E-state index in [0.29, 0.717) is 35.1 Å². The standard InChI is InChI=1S/C28H29ClF3N3O4/c1-17(2)13-21(35-20-6-3-18(4-7-20)27(38)33-12-11-26(36)37)16-39-22-8-10-25(34-15-22)23-9-5-19(14-24(23)29)28(30,31)32/h3-10,14-15,17,21,35H,11-13,16H2,1-2H3,(H,33,38)(H,36,37). The quantitative estimate of drug-likeness (QED) is 0.232. The molecule has 11 heteroatoms. The Labute approximate surface area is 229 Å². The van der Waals surface area contributed by atoms with Crippen molar-refractivity contribution < 1.29 is 32.6 Å². The number of halogens is 4. The van der Waals surface area contributed by atoms with Crippen molar-refractivity contribution in [2.75, 3.05) is 18.5 Å². The average Bonchev–Trinajstić information content (AvgIpc) is 2.87. The van der Waals surface area contributed by atoms with Gasteiger partial charge in [0.1, 0.15) is 12.4 Å². The first-order chi connectivity index (χ1) is 18.4. The molecule has 7 nitrogen and oxygen atoms in total. The maximum atomic E-state index is 12.9. The fraction of sp³-hybridized carbons (Fsp3) is 0.321. The van der Waals surface area contributed by atoms with E-state index in [1.54, 1.807) is 36.4 Å². The lowest BCUT2D eigenvalue weighted by Gasteiger charge is -2.22. The third kappa shape index (κ3) is 9.17. The van der Waals surface area contributed by atoms with Crippen molar-refractivity contribution in [1.29, 1.82) is 0 Å². The lowest BCUT2D eigenvalue weighted by atomic mass is 10.0. The lowest BCUT2D eigenvalue weighted by Crippen LogP contribution is -2.29. The summed E-state index contributed by atoms with van der Waals surface area (Å²) >= 11 is 6.08. The number of alkyl halides is 3. The Hall–Kier alpha value is -3.79. The van der Waals surface area contributed by atoms with Gasteiger partial charge in [-0.2, -0.15) is 13.2 Å². The molecule has 0 fully saturated rings. The molecule has 0 aliphatic rings. The van der Waals surface area contributed by atoms with Gasteiger partial charge in [-0.25, -0.2) is 0 Å². The minimum Gasteiger partial charge on any atom is -0.490 e. The molecule has 3 rings (SSSR count). The molecule has 0 bridgehead atoms. The fourth-order valence-electron chi connectivity index (χ4n) is 3.80. The van der Waals surface area contributed by atoms with Crippen molar-refractivity contribution in [3.8, 4) is 17.0 Å². The second-order valence-electron chi connectivity index (χ2n) is 9.33. The van der Waals surface area contributed by atoms with Crippen molar-refractivity contribution in [3.05, 3.63) is 76.9 Å². The van der Waals surface area contributed by atoms with Crippen molar-refractivity contribution in [1.82, 2.24) is 10.3 Å². The summed E-state index contributed by atoms with van der Waals surface area (Å²) in [7, 11) is 0. The first-order valence-electron chi connectivity index (χ1n) is 12.2. The van der Waals surface area contributed by atoms with Gasteiger partial charge in [-0.1, -0.05) is 31.5 Å². The van der Waals surface area contributed by atoms with E-state index in [1.807, 2.05) is 0 Å². The highest BCUT2D eigenvalue weighted by atomic mass is 35.5. The predicted octanol–water partition coefficient (Wildman–Crippen LogP) is 6.53. The Morgan fingerprint density at radius 2 is 1.79 bits per heavy atom. The summed E-state index contributed by atoms with van der Waals surface area (Å²) < 4.78 is 44.7. The SMILES string of the molecule is CC(C)CC(COc1ccc(-c2ccc(C(F)(F)F)cc2Cl)nc1)Nc1ccc(C(=O)NCCC(=O)O)cc1. The number of benzene rings is 2. The molecule has 0 spiro atoms. The fourth-order valence-corrected chi connectivity index (χ4v) is 4.07. The van der Waals surface area contributed by atoms with Crippen LogP contribution < -0.4 is 15.4 Å². The molecule has 0 aliphatic carbocycles. The lowest BCUT2D eigenvalue weighted by molar-refractivity contribution is -0.138. The van der Waals surface area contributed by atoms with Crippen LogP contribution >= 0.6 is 11.6 Å². The molecule has 1 aromatic heterocycles. The van der Waals surface area contributed by atoms with Gasteiger partial charge >= 0.3 is 12.1 Å². The molecule has 0 saturated heterocycles. The van der Waals surface area contributed by atoms with Gasteiger partial charge in [-0.05, 0) is 60.9 Å². The number of ether oxygens (including phenoxy) is 1. The first-order valence-corrected chi connectivity index (χ1v) is 12.6. The van der Waals surface area contributed by atoms with Gasteiger partial charge in [0, 0.05) is 23.4 Å². The summed E-state index contributed by atoms with van der Waals surface area (Å²) in [5.41, 5.74) is 1.19. The number of aliphatic carboxylic acids is 1. The Bertz CT molecular complexity index is 1270. The highest BCUT2D eigenvalue weighted by Crippen LogP contribution is 2.35. The number of carboxylic acids is 1. The van der Waals surface area contributed by atoms with Gasteiger partial charge in [-0.3, -0.25) is 14.6 Å². The largest absolute Gasteiger partial charge is 0.490 e. The number of hydrogen-bond acceptors (Lipinski definition) is 5. The number of carbonyl (C=O) groups excluding carboxylic acids is 1. The van der Waals surface area contributed by atoms with E-state index in [0.717, 1.165) is 24.2 Å². The molecule has 1 atom stereocenters. The molecule has 1 heterocycles. The summed E-state index contributed by atoms with van der Waals surface area (Å²) in [5.74, 6) is -0.472. The van der Waals surface area contributed by atoms with Crippen LogP contribution in [0.15, 0.2) is 60.8 Å². The number of carbonyl (C=O) groups is 2. The Balaban J connectivity index is 1.60. The maximum Gasteiger partial charge on any atom is 0.416 e. The molecule has 208 valence electrons. The molecule has 3 N–H and O–H groups in total. The predicted molar refractivity (Wildman–Crippen MR) is 143 cm³/mol. The number of hydrogen-bond donors (Lipinski definition) is 3. The third-order valence-corrected chi connectivity index (χ3v) is 5.97. The summed E-state index contributed by atoms with van der Waals surface area (Å²) in [6, 6.07) is 13.2. The van der Waals surface area contributed by atoms with Gasteiger partial charge in [0.15, 0.2) is 0 Å². The van der Waals surface area contributed by atoms with E-state index >= 15 is 0 Å². The normalized spacial score (nSPS) is 12.2. The van der Waals surface area contributed by atoms with Gasteiger partial charge < -0.3 is 20.5 Å². The summed E-state index contributed by atoms with van der Waals surface area (Å²) in [4.78, 5) is 27.0. The van der Waals surface area contributed by atoms with Crippen LogP contribution in [-0.2, 0) is 11.0 Å². The average molecular weight is 564 g/mol. The van der Waals surface area contributed by atoms with Gasteiger partial charge in [0.25, 0.3) is 5.91 Å². The number of pyridine rings is 1. The molecular weight excluding hydrogens is 535 g/mol. The van der Waals surface area contributed by atoms with E-state index in [2.05, 4.69) is 29.5 Å². The van der Waals surface area contributed by atoms with Crippen LogP contribution in [0.2, 0.25) is 5.02 Å². The van der Waals surface area contributed by atoms with E-state index in [-0.39, 0.29) is 29.9 Å². The van der Waals surface area contributed by atoms with Crippen LogP contribution in [0.3, 0.4) is 0 Å². The zero-order valence-electron chi connectivity index (χ0n) is 21.4. The van der Waals surface area contributed by atoms with Gasteiger partial charge in [0.05, 0.1) is 34.9 Å². The van der Waals surface area contributed by atoms with Gasteiger partial charge in [0.2, 0.25) is 0 Å². The highest BCUT2D eigenvalue weighted by molar-refractivity contribution is 6.33. The van der Waals surface area contributed by atoms with E-state index in [9.17, 15) is 22.8 Å². The number of anilines is 1. The van der Waals surface area contributed by atoms with E-state index in [4.69, 9.17) is 21.4 Å². The van der Waals surface area contributed by atoms with Crippen molar-refractivity contribution in [2.45, 2.75) is 38.9 Å². The molecule has 2 aromatic carbocycles. The zero-order valence-corrected chi connectivity index (χ0v) is 22.1. The maximum absolute atomic E-state index is 12.9. The number of amides is 1. The summed E-state index contributed by atoms with van der Waals surface area (Å²) in [6.07, 6.45) is -2.34. The monoisotopic (exact) mass is 563 g/mol. The van der Waals surface area contributed by atoms with Crippen LogP contribution in [0.25, 0.3) is 11.3 Å². The number of rotatable bonds is 12. The number of nitrogens with zero attached hydrogens (tertiary/aromatic N) is 1. The van der Waals surface area contributed by atoms with Crippen LogP contribution in [0.1, 0.15) is 42.6 Å².